The second kappa shape index (κ2) is 9.76. The molecule has 4 aromatic rings. The van der Waals surface area contributed by atoms with Crippen molar-refractivity contribution < 1.29 is 27.0 Å². The van der Waals surface area contributed by atoms with Gasteiger partial charge in [-0.05, 0) is 48.9 Å². The third-order valence-electron chi connectivity index (χ3n) is 4.81. The van der Waals surface area contributed by atoms with Crippen LogP contribution in [-0.4, -0.2) is 36.8 Å². The highest BCUT2D eigenvalue weighted by molar-refractivity contribution is 7.92. The fourth-order valence-corrected chi connectivity index (χ4v) is 5.25. The van der Waals surface area contributed by atoms with Gasteiger partial charge in [0.25, 0.3) is 10.0 Å². The predicted octanol–water partition coefficient (Wildman–Crippen LogP) is 5.06. The van der Waals surface area contributed by atoms with Crippen LogP contribution in [0.4, 0.5) is 19.6 Å². The van der Waals surface area contributed by atoms with Gasteiger partial charge in [-0.25, -0.2) is 18.7 Å². The molecule has 0 aliphatic heterocycles. The van der Waals surface area contributed by atoms with Crippen LogP contribution >= 0.6 is 11.3 Å². The van der Waals surface area contributed by atoms with Crippen molar-refractivity contribution in [1.82, 2.24) is 9.97 Å². The van der Waals surface area contributed by atoms with E-state index in [-0.39, 0.29) is 15.9 Å². The number of aromatic nitrogens is 2. The number of rotatable bonds is 7. The number of hydrogen-bond donors (Lipinski definition) is 2. The summed E-state index contributed by atoms with van der Waals surface area (Å²) < 4.78 is 59.8. The fraction of sp³-hybridized carbons (Fsp3) is 0.0870. The van der Waals surface area contributed by atoms with Gasteiger partial charge in [0.15, 0.2) is 33.3 Å². The topological polar surface area (TPSA) is 114 Å². The second-order valence-corrected chi connectivity index (χ2v) is 9.70. The zero-order valence-corrected chi connectivity index (χ0v) is 20.0. The van der Waals surface area contributed by atoms with E-state index in [0.29, 0.717) is 33.8 Å². The van der Waals surface area contributed by atoms with Gasteiger partial charge >= 0.3 is 0 Å². The molecule has 0 amide bonds. The number of aliphatic imine (C=N–C) groups is 1. The van der Waals surface area contributed by atoms with Gasteiger partial charge in [0.05, 0.1) is 24.7 Å². The lowest BCUT2D eigenvalue weighted by Gasteiger charge is -2.08. The Kier molecular flexibility index (Phi) is 6.76. The number of anilines is 1. The number of benzene rings is 2. The average Bonchev–Trinajstić information content (AvgIpc) is 3.27. The maximum absolute atomic E-state index is 13.5. The number of thiazole rings is 1. The van der Waals surface area contributed by atoms with E-state index in [9.17, 15) is 22.3 Å². The number of nitrogens with one attached hydrogen (secondary N) is 1. The summed E-state index contributed by atoms with van der Waals surface area (Å²) in [7, 11) is -2.65. The Hall–Kier alpha value is -3.90. The molecule has 12 heteroatoms. The van der Waals surface area contributed by atoms with E-state index in [2.05, 4.69) is 19.7 Å². The first-order valence-electron chi connectivity index (χ1n) is 9.98. The van der Waals surface area contributed by atoms with Crippen molar-refractivity contribution in [3.63, 3.8) is 0 Å². The summed E-state index contributed by atoms with van der Waals surface area (Å²) in [6.07, 6.45) is 2.69. The van der Waals surface area contributed by atoms with Crippen molar-refractivity contribution in [3.8, 4) is 22.8 Å². The molecule has 0 radical (unpaired) electrons. The molecule has 8 nitrogen and oxygen atoms in total. The minimum absolute atomic E-state index is 0.0431. The molecule has 4 rings (SSSR count). The summed E-state index contributed by atoms with van der Waals surface area (Å²) in [6, 6.07) is 9.79. The van der Waals surface area contributed by atoms with Crippen LogP contribution in [0.5, 0.6) is 11.5 Å². The summed E-state index contributed by atoms with van der Waals surface area (Å²) in [6.45, 7) is 1.57. The summed E-state index contributed by atoms with van der Waals surface area (Å²) in [5.74, 6) is -1.79. The second-order valence-electron chi connectivity index (χ2n) is 7.24. The molecule has 180 valence electrons. The molecule has 0 fully saturated rings. The first kappa shape index (κ1) is 24.2. The number of para-hydroxylation sites is 1. The van der Waals surface area contributed by atoms with Gasteiger partial charge in [-0.15, -0.1) is 11.3 Å². The third kappa shape index (κ3) is 5.28. The summed E-state index contributed by atoms with van der Waals surface area (Å²) >= 11 is 0.992. The molecule has 0 saturated carbocycles. The van der Waals surface area contributed by atoms with Gasteiger partial charge in [0.2, 0.25) is 0 Å². The molecule has 0 aliphatic carbocycles. The van der Waals surface area contributed by atoms with Gasteiger partial charge < -0.3 is 9.84 Å². The first-order chi connectivity index (χ1) is 16.7. The molecule has 0 bridgehead atoms. The van der Waals surface area contributed by atoms with Crippen LogP contribution in [-0.2, 0) is 10.0 Å². The van der Waals surface area contributed by atoms with E-state index < -0.39 is 21.7 Å². The minimum atomic E-state index is -4.08. The summed E-state index contributed by atoms with van der Waals surface area (Å²) in [5, 5.41) is 11.5. The molecule has 0 spiro atoms. The number of halogens is 2. The van der Waals surface area contributed by atoms with E-state index in [1.807, 2.05) is 0 Å². The fourth-order valence-electron chi connectivity index (χ4n) is 3.12. The Morgan fingerprint density at radius 2 is 1.97 bits per heavy atom. The van der Waals surface area contributed by atoms with Crippen LogP contribution < -0.4 is 9.46 Å². The Labute approximate surface area is 203 Å². The number of aromatic hydroxyl groups is 1. The first-order valence-corrected chi connectivity index (χ1v) is 12.3. The molecule has 0 atom stereocenters. The molecule has 2 aromatic carbocycles. The van der Waals surface area contributed by atoms with Gasteiger partial charge in [0, 0.05) is 22.7 Å². The normalized spacial score (nSPS) is 11.7. The van der Waals surface area contributed by atoms with Crippen molar-refractivity contribution in [2.24, 2.45) is 4.99 Å². The minimum Gasteiger partial charge on any atom is -0.504 e. The number of phenolic OH excluding ortho intramolecular Hbond substituents is 1. The molecule has 2 aromatic heterocycles. The highest BCUT2D eigenvalue weighted by Gasteiger charge is 2.21. The number of pyridine rings is 1. The van der Waals surface area contributed by atoms with Crippen LogP contribution in [0, 0.1) is 18.6 Å². The SMILES string of the molecule is COc1cccc(/C=N/c2cnc(S(=O)(=O)Nc3nc(-c4ccc(F)c(F)c4)cs3)c(C)c2)c1O. The molecule has 2 heterocycles. The molecule has 0 unspecified atom stereocenters. The summed E-state index contributed by atoms with van der Waals surface area (Å²) in [4.78, 5) is 12.4. The number of ether oxygens (including phenoxy) is 1. The van der Waals surface area contributed by atoms with Crippen LogP contribution in [0.15, 0.2) is 64.1 Å². The van der Waals surface area contributed by atoms with Crippen LogP contribution in [0.1, 0.15) is 11.1 Å². The molecule has 35 heavy (non-hydrogen) atoms. The van der Waals surface area contributed by atoms with Gasteiger partial charge in [-0.1, -0.05) is 6.07 Å². The van der Waals surface area contributed by atoms with Crippen LogP contribution in [0.3, 0.4) is 0 Å². The smallest absolute Gasteiger partial charge is 0.281 e. The molecule has 2 N–H and O–H groups in total. The third-order valence-corrected chi connectivity index (χ3v) is 7.10. The Morgan fingerprint density at radius 1 is 1.17 bits per heavy atom. The van der Waals surface area contributed by atoms with Crippen LogP contribution in [0.2, 0.25) is 0 Å². The maximum Gasteiger partial charge on any atom is 0.281 e. The standard InChI is InChI=1S/C23H18F2N4O4S2/c1-13-8-16(26-10-15-4-3-5-20(33-2)21(15)30)11-27-22(13)35(31,32)29-23-28-19(12-34-23)14-6-7-17(24)18(25)9-14/h3-12,30H,1-2H3,(H,28,29)/b26-10+. The Bertz CT molecular complexity index is 1540. The number of hydrogen-bond acceptors (Lipinski definition) is 8. The molecular weight excluding hydrogens is 498 g/mol. The van der Waals surface area contributed by atoms with Gasteiger partial charge in [-0.2, -0.15) is 8.42 Å². The number of methoxy groups -OCH3 is 1. The Balaban J connectivity index is 1.53. The van der Waals surface area contributed by atoms with Crippen molar-refractivity contribution in [3.05, 3.63) is 76.8 Å². The lowest BCUT2D eigenvalue weighted by molar-refractivity contribution is 0.373. The van der Waals surface area contributed by atoms with E-state index >= 15 is 0 Å². The monoisotopic (exact) mass is 516 g/mol. The lowest BCUT2D eigenvalue weighted by Crippen LogP contribution is -2.15. The molecule has 0 saturated heterocycles. The van der Waals surface area contributed by atoms with E-state index in [4.69, 9.17) is 4.74 Å². The van der Waals surface area contributed by atoms with E-state index in [1.54, 1.807) is 25.1 Å². The van der Waals surface area contributed by atoms with Crippen LogP contribution in [0.25, 0.3) is 11.3 Å². The highest BCUT2D eigenvalue weighted by Crippen LogP contribution is 2.30. The predicted molar refractivity (Wildman–Crippen MR) is 129 cm³/mol. The number of phenols is 1. The largest absolute Gasteiger partial charge is 0.504 e. The Morgan fingerprint density at radius 3 is 2.69 bits per heavy atom. The average molecular weight is 517 g/mol. The number of sulfonamides is 1. The summed E-state index contributed by atoms with van der Waals surface area (Å²) in [5.41, 5.74) is 1.73. The van der Waals surface area contributed by atoms with Gasteiger partial charge in [-0.3, -0.25) is 9.71 Å². The van der Waals surface area contributed by atoms with Crippen molar-refractivity contribution >= 4 is 38.4 Å². The quantitative estimate of drug-likeness (QED) is 0.332. The highest BCUT2D eigenvalue weighted by atomic mass is 32.2. The zero-order chi connectivity index (χ0) is 25.2. The van der Waals surface area contributed by atoms with Crippen molar-refractivity contribution in [2.75, 3.05) is 11.8 Å². The zero-order valence-electron chi connectivity index (χ0n) is 18.4. The number of nitrogens with zero attached hydrogens (tertiary/aromatic N) is 3. The number of aryl methyl sites for hydroxylation is 1. The van der Waals surface area contributed by atoms with Gasteiger partial charge in [0.1, 0.15) is 0 Å². The molecule has 0 aliphatic rings. The van der Waals surface area contributed by atoms with Crippen molar-refractivity contribution in [2.45, 2.75) is 11.9 Å². The molecular formula is C23H18F2N4O4S2. The maximum atomic E-state index is 13.5. The lowest BCUT2D eigenvalue weighted by atomic mass is 10.2. The van der Waals surface area contributed by atoms with Crippen molar-refractivity contribution in [1.29, 1.82) is 0 Å². The van der Waals surface area contributed by atoms with E-state index in [0.717, 1.165) is 23.5 Å². The van der Waals surface area contributed by atoms with E-state index in [1.165, 1.54) is 37.0 Å².